The first-order chi connectivity index (χ1) is 7.97. The van der Waals surface area contributed by atoms with Crippen molar-refractivity contribution in [3.63, 3.8) is 0 Å². The van der Waals surface area contributed by atoms with Crippen LogP contribution >= 0.6 is 24.0 Å². The van der Waals surface area contributed by atoms with Crippen LogP contribution in [0, 0.1) is 4.77 Å². The summed E-state index contributed by atoms with van der Waals surface area (Å²) >= 11 is 6.22. The highest BCUT2D eigenvalue weighted by molar-refractivity contribution is 7.99. The van der Waals surface area contributed by atoms with Crippen molar-refractivity contribution >= 4 is 35.7 Å². The van der Waals surface area contributed by atoms with Gasteiger partial charge in [-0.15, -0.1) is 5.10 Å². The molecule has 0 bridgehead atoms. The Hall–Kier alpha value is -1.15. The molecule has 0 aliphatic carbocycles. The maximum absolute atomic E-state index is 11.3. The molecule has 0 fully saturated rings. The average Bonchev–Trinajstić information content (AvgIpc) is 2.54. The molecule has 0 saturated carbocycles. The van der Waals surface area contributed by atoms with Crippen LogP contribution in [0.15, 0.2) is 5.16 Å². The van der Waals surface area contributed by atoms with Gasteiger partial charge < -0.3 is 4.74 Å². The van der Waals surface area contributed by atoms with E-state index < -0.39 is 11.8 Å². The molecule has 0 aliphatic rings. The van der Waals surface area contributed by atoms with Crippen molar-refractivity contribution < 1.29 is 14.3 Å². The molecule has 94 valence electrons. The maximum atomic E-state index is 11.3. The van der Waals surface area contributed by atoms with Crippen LogP contribution in [0.3, 0.4) is 0 Å². The van der Waals surface area contributed by atoms with E-state index in [2.05, 4.69) is 9.84 Å². The van der Waals surface area contributed by atoms with Gasteiger partial charge in [0.25, 0.3) is 0 Å². The lowest BCUT2D eigenvalue weighted by Gasteiger charge is -2.00. The summed E-state index contributed by atoms with van der Waals surface area (Å²) in [6.07, 6.45) is 0. The third kappa shape index (κ3) is 3.40. The number of thioether (sulfide) groups is 1. The Morgan fingerprint density at radius 1 is 1.47 bits per heavy atom. The first-order valence-corrected chi connectivity index (χ1v) is 6.29. The number of aryl methyl sites for hydroxylation is 1. The average molecular weight is 275 g/mol. The Balaban J connectivity index is 2.62. The van der Waals surface area contributed by atoms with Crippen molar-refractivity contribution in [2.75, 3.05) is 12.4 Å². The predicted octanol–water partition coefficient (Wildman–Crippen LogP) is 0.712. The van der Waals surface area contributed by atoms with Crippen molar-refractivity contribution in [1.29, 1.82) is 0 Å². The molecule has 1 aromatic heterocycles. The Labute approximate surface area is 108 Å². The molecule has 0 radical (unpaired) electrons. The van der Waals surface area contributed by atoms with Crippen molar-refractivity contribution in [3.05, 3.63) is 4.77 Å². The largest absolute Gasteiger partial charge is 0.460 e. The minimum absolute atomic E-state index is 0.00153. The van der Waals surface area contributed by atoms with Gasteiger partial charge in [-0.2, -0.15) is 0 Å². The minimum Gasteiger partial charge on any atom is -0.460 e. The fraction of sp³-hybridized carbons (Fsp3) is 0.556. The van der Waals surface area contributed by atoms with Crippen LogP contribution in [-0.4, -0.2) is 38.5 Å². The van der Waals surface area contributed by atoms with E-state index in [1.165, 1.54) is 4.68 Å². The quantitative estimate of drug-likeness (QED) is 0.341. The number of Topliss-reactive ketones (excluding diaryl/α,β-unsaturated/α-hetero) is 1. The second-order valence-corrected chi connectivity index (χ2v) is 4.49. The molecule has 1 rings (SSSR count). The summed E-state index contributed by atoms with van der Waals surface area (Å²) in [4.78, 5) is 22.4. The number of hydrogen-bond donors (Lipinski definition) is 0. The standard InChI is InChI=1S/C9H13N3O3S2/c1-4-15-7(14)6(13)5-17-8-10-12(3)9(16)11(8)2/h4-5H2,1-3H3. The SMILES string of the molecule is CCOC(=O)C(=O)CSc1nn(C)c(=S)n1C. The van der Waals surface area contributed by atoms with Crippen LogP contribution in [0.1, 0.15) is 6.92 Å². The number of ketones is 1. The summed E-state index contributed by atoms with van der Waals surface area (Å²) in [6, 6.07) is 0. The molecule has 0 aliphatic heterocycles. The van der Waals surface area contributed by atoms with E-state index in [1.807, 2.05) is 0 Å². The van der Waals surface area contributed by atoms with Crippen LogP contribution < -0.4 is 0 Å². The molecule has 1 aromatic rings. The highest BCUT2D eigenvalue weighted by Gasteiger charge is 2.16. The Bertz CT molecular complexity index is 492. The fourth-order valence-corrected chi connectivity index (χ4v) is 2.09. The van der Waals surface area contributed by atoms with Gasteiger partial charge >= 0.3 is 5.97 Å². The molecular formula is C9H13N3O3S2. The summed E-state index contributed by atoms with van der Waals surface area (Å²) in [6.45, 7) is 1.85. The second kappa shape index (κ2) is 5.97. The number of carbonyl (C=O) groups is 2. The normalized spacial score (nSPS) is 10.3. The van der Waals surface area contributed by atoms with Crippen molar-refractivity contribution in [1.82, 2.24) is 14.3 Å². The van der Waals surface area contributed by atoms with Gasteiger partial charge in [0, 0.05) is 14.1 Å². The number of hydrogen-bond acceptors (Lipinski definition) is 6. The van der Waals surface area contributed by atoms with E-state index in [0.717, 1.165) is 11.8 Å². The van der Waals surface area contributed by atoms with E-state index in [1.54, 1.807) is 25.6 Å². The molecule has 0 unspecified atom stereocenters. The molecule has 1 heterocycles. The fourth-order valence-electron chi connectivity index (χ4n) is 1.06. The van der Waals surface area contributed by atoms with E-state index in [0.29, 0.717) is 9.93 Å². The number of nitrogens with zero attached hydrogens (tertiary/aromatic N) is 3. The monoisotopic (exact) mass is 275 g/mol. The topological polar surface area (TPSA) is 66.1 Å². The molecule has 0 spiro atoms. The second-order valence-electron chi connectivity index (χ2n) is 3.18. The molecule has 17 heavy (non-hydrogen) atoms. The number of aromatic nitrogens is 3. The lowest BCUT2D eigenvalue weighted by Crippen LogP contribution is -2.19. The highest BCUT2D eigenvalue weighted by atomic mass is 32.2. The molecular weight excluding hydrogens is 262 g/mol. The highest BCUT2D eigenvalue weighted by Crippen LogP contribution is 2.15. The molecule has 8 heteroatoms. The summed E-state index contributed by atoms with van der Waals surface area (Å²) in [7, 11) is 3.48. The third-order valence-electron chi connectivity index (χ3n) is 1.92. The zero-order valence-electron chi connectivity index (χ0n) is 9.80. The Morgan fingerprint density at radius 2 is 2.12 bits per heavy atom. The minimum atomic E-state index is -0.808. The van der Waals surface area contributed by atoms with E-state index >= 15 is 0 Å². The zero-order chi connectivity index (χ0) is 13.0. The Morgan fingerprint density at radius 3 is 2.59 bits per heavy atom. The first-order valence-electron chi connectivity index (χ1n) is 4.90. The van der Waals surface area contributed by atoms with E-state index in [-0.39, 0.29) is 12.4 Å². The number of esters is 1. The van der Waals surface area contributed by atoms with Gasteiger partial charge in [0.2, 0.25) is 5.78 Å². The van der Waals surface area contributed by atoms with Crippen LogP contribution in [-0.2, 0) is 28.4 Å². The maximum Gasteiger partial charge on any atom is 0.375 e. The number of ether oxygens (including phenoxy) is 1. The lowest BCUT2D eigenvalue weighted by molar-refractivity contribution is -0.152. The van der Waals surface area contributed by atoms with Gasteiger partial charge in [-0.1, -0.05) is 11.8 Å². The van der Waals surface area contributed by atoms with Gasteiger partial charge in [0.15, 0.2) is 9.93 Å². The number of carbonyl (C=O) groups excluding carboxylic acids is 2. The molecule has 0 aromatic carbocycles. The van der Waals surface area contributed by atoms with Gasteiger partial charge in [-0.3, -0.25) is 9.36 Å². The Kier molecular flexibility index (Phi) is 4.88. The van der Waals surface area contributed by atoms with Crippen molar-refractivity contribution in [2.24, 2.45) is 14.1 Å². The summed E-state index contributed by atoms with van der Waals surface area (Å²) in [5.41, 5.74) is 0. The molecule has 0 amide bonds. The zero-order valence-corrected chi connectivity index (χ0v) is 11.4. The lowest BCUT2D eigenvalue weighted by atomic mass is 10.5. The summed E-state index contributed by atoms with van der Waals surface area (Å²) in [5, 5.41) is 4.71. The molecule has 0 N–H and O–H groups in total. The summed E-state index contributed by atoms with van der Waals surface area (Å²) in [5.74, 6) is -1.39. The molecule has 0 atom stereocenters. The van der Waals surface area contributed by atoms with Crippen LogP contribution in [0.4, 0.5) is 0 Å². The van der Waals surface area contributed by atoms with Gasteiger partial charge in [-0.25, -0.2) is 9.48 Å². The van der Waals surface area contributed by atoms with Gasteiger partial charge in [-0.05, 0) is 19.1 Å². The van der Waals surface area contributed by atoms with Crippen LogP contribution in [0.2, 0.25) is 0 Å². The van der Waals surface area contributed by atoms with E-state index in [4.69, 9.17) is 12.2 Å². The summed E-state index contributed by atoms with van der Waals surface area (Å²) < 4.78 is 8.36. The van der Waals surface area contributed by atoms with Crippen molar-refractivity contribution in [2.45, 2.75) is 12.1 Å². The van der Waals surface area contributed by atoms with Crippen molar-refractivity contribution in [3.8, 4) is 0 Å². The number of rotatable bonds is 5. The predicted molar refractivity (Wildman–Crippen MR) is 65.4 cm³/mol. The third-order valence-corrected chi connectivity index (χ3v) is 3.48. The van der Waals surface area contributed by atoms with Gasteiger partial charge in [0.1, 0.15) is 0 Å². The van der Waals surface area contributed by atoms with Crippen LogP contribution in [0.25, 0.3) is 0 Å². The van der Waals surface area contributed by atoms with Crippen LogP contribution in [0.5, 0.6) is 0 Å². The first kappa shape index (κ1) is 13.9. The smallest absolute Gasteiger partial charge is 0.375 e. The van der Waals surface area contributed by atoms with Gasteiger partial charge in [0.05, 0.1) is 12.4 Å². The van der Waals surface area contributed by atoms with E-state index in [9.17, 15) is 9.59 Å². The molecule has 6 nitrogen and oxygen atoms in total. The molecule has 0 saturated heterocycles.